The molecule has 0 saturated carbocycles. The molecule has 1 amide bonds. The SMILES string of the molecule is COC1CCN(C(=O)Cc2ccc(C)cc2)CC1. The third kappa shape index (κ3) is 3.33. The number of carbonyl (C=O) groups is 1. The molecule has 1 heterocycles. The van der Waals surface area contributed by atoms with Gasteiger partial charge in [0.15, 0.2) is 0 Å². The summed E-state index contributed by atoms with van der Waals surface area (Å²) >= 11 is 0. The fourth-order valence-corrected chi connectivity index (χ4v) is 2.33. The van der Waals surface area contributed by atoms with E-state index in [1.807, 2.05) is 17.0 Å². The number of ether oxygens (including phenoxy) is 1. The van der Waals surface area contributed by atoms with Gasteiger partial charge in [0, 0.05) is 20.2 Å². The Hall–Kier alpha value is -1.35. The number of aryl methyl sites for hydroxylation is 1. The first-order valence-corrected chi connectivity index (χ1v) is 6.55. The molecular formula is C15H21NO2. The van der Waals surface area contributed by atoms with E-state index in [1.54, 1.807) is 7.11 Å². The molecule has 0 aromatic heterocycles. The molecule has 0 bridgehead atoms. The lowest BCUT2D eigenvalue weighted by atomic mass is 10.1. The van der Waals surface area contributed by atoms with Crippen molar-refractivity contribution in [3.63, 3.8) is 0 Å². The molecule has 1 aromatic carbocycles. The molecule has 3 nitrogen and oxygen atoms in total. The maximum Gasteiger partial charge on any atom is 0.226 e. The van der Waals surface area contributed by atoms with Crippen LogP contribution in [0, 0.1) is 6.92 Å². The molecule has 1 aliphatic rings. The van der Waals surface area contributed by atoms with Gasteiger partial charge < -0.3 is 9.64 Å². The zero-order valence-electron chi connectivity index (χ0n) is 11.2. The van der Waals surface area contributed by atoms with E-state index in [0.29, 0.717) is 12.5 Å². The number of rotatable bonds is 3. The second kappa shape index (κ2) is 6.01. The molecule has 0 radical (unpaired) electrons. The Morgan fingerprint density at radius 1 is 1.28 bits per heavy atom. The topological polar surface area (TPSA) is 29.5 Å². The number of methoxy groups -OCH3 is 1. The summed E-state index contributed by atoms with van der Waals surface area (Å²) in [4.78, 5) is 14.1. The Bertz CT molecular complexity index is 391. The first-order chi connectivity index (χ1) is 8.69. The van der Waals surface area contributed by atoms with Gasteiger partial charge in [-0.2, -0.15) is 0 Å². The van der Waals surface area contributed by atoms with Crippen LogP contribution in [0.5, 0.6) is 0 Å². The minimum absolute atomic E-state index is 0.230. The van der Waals surface area contributed by atoms with Crippen LogP contribution in [-0.4, -0.2) is 37.1 Å². The normalized spacial score (nSPS) is 16.9. The second-order valence-electron chi connectivity index (χ2n) is 4.98. The number of hydrogen-bond donors (Lipinski definition) is 0. The van der Waals surface area contributed by atoms with E-state index in [1.165, 1.54) is 5.56 Å². The van der Waals surface area contributed by atoms with Crippen molar-refractivity contribution >= 4 is 5.91 Å². The molecule has 0 unspecified atom stereocenters. The number of amides is 1. The number of piperidine rings is 1. The van der Waals surface area contributed by atoms with E-state index >= 15 is 0 Å². The van der Waals surface area contributed by atoms with Crippen molar-refractivity contribution in [3.05, 3.63) is 35.4 Å². The van der Waals surface area contributed by atoms with Gasteiger partial charge in [-0.1, -0.05) is 29.8 Å². The highest BCUT2D eigenvalue weighted by molar-refractivity contribution is 5.78. The fraction of sp³-hybridized carbons (Fsp3) is 0.533. The molecule has 1 saturated heterocycles. The van der Waals surface area contributed by atoms with Crippen molar-refractivity contribution in [2.45, 2.75) is 32.3 Å². The van der Waals surface area contributed by atoms with Crippen LogP contribution >= 0.6 is 0 Å². The molecule has 1 aromatic rings. The Labute approximate surface area is 109 Å². The van der Waals surface area contributed by atoms with Gasteiger partial charge in [0.25, 0.3) is 0 Å². The Morgan fingerprint density at radius 2 is 1.89 bits per heavy atom. The van der Waals surface area contributed by atoms with E-state index in [4.69, 9.17) is 4.74 Å². The van der Waals surface area contributed by atoms with E-state index in [0.717, 1.165) is 31.5 Å². The summed E-state index contributed by atoms with van der Waals surface area (Å²) in [5, 5.41) is 0. The fourth-order valence-electron chi connectivity index (χ4n) is 2.33. The van der Waals surface area contributed by atoms with Gasteiger partial charge in [0.1, 0.15) is 0 Å². The van der Waals surface area contributed by atoms with Crippen LogP contribution in [0.15, 0.2) is 24.3 Å². The molecule has 1 aliphatic heterocycles. The van der Waals surface area contributed by atoms with Gasteiger partial charge in [-0.3, -0.25) is 4.79 Å². The number of hydrogen-bond acceptors (Lipinski definition) is 2. The number of likely N-dealkylation sites (tertiary alicyclic amines) is 1. The van der Waals surface area contributed by atoms with E-state index in [9.17, 15) is 4.79 Å². The van der Waals surface area contributed by atoms with Crippen molar-refractivity contribution < 1.29 is 9.53 Å². The lowest BCUT2D eigenvalue weighted by Gasteiger charge is -2.31. The van der Waals surface area contributed by atoms with Crippen LogP contribution in [0.25, 0.3) is 0 Å². The predicted octanol–water partition coefficient (Wildman–Crippen LogP) is 2.17. The summed E-state index contributed by atoms with van der Waals surface area (Å²) in [6, 6.07) is 8.18. The number of carbonyl (C=O) groups excluding carboxylic acids is 1. The molecule has 0 atom stereocenters. The van der Waals surface area contributed by atoms with Crippen LogP contribution in [0.2, 0.25) is 0 Å². The summed E-state index contributed by atoms with van der Waals surface area (Å²) in [5.41, 5.74) is 2.33. The molecule has 1 fully saturated rings. The van der Waals surface area contributed by atoms with Crippen LogP contribution in [-0.2, 0) is 16.0 Å². The minimum Gasteiger partial charge on any atom is -0.381 e. The summed E-state index contributed by atoms with van der Waals surface area (Å²) in [6.07, 6.45) is 2.75. The van der Waals surface area contributed by atoms with Gasteiger partial charge in [0.05, 0.1) is 12.5 Å². The molecule has 18 heavy (non-hydrogen) atoms. The van der Waals surface area contributed by atoms with Crippen LogP contribution in [0.1, 0.15) is 24.0 Å². The molecule has 0 N–H and O–H groups in total. The lowest BCUT2D eigenvalue weighted by molar-refractivity contribution is -0.132. The third-order valence-corrected chi connectivity index (χ3v) is 3.60. The summed E-state index contributed by atoms with van der Waals surface area (Å²) in [7, 11) is 1.74. The summed E-state index contributed by atoms with van der Waals surface area (Å²) in [5.74, 6) is 0.230. The smallest absolute Gasteiger partial charge is 0.226 e. The Morgan fingerprint density at radius 3 is 2.44 bits per heavy atom. The molecular weight excluding hydrogens is 226 g/mol. The predicted molar refractivity (Wildman–Crippen MR) is 71.5 cm³/mol. The molecule has 3 heteroatoms. The Balaban J connectivity index is 1.87. The molecule has 2 rings (SSSR count). The van der Waals surface area contributed by atoms with E-state index < -0.39 is 0 Å². The van der Waals surface area contributed by atoms with Crippen LogP contribution in [0.3, 0.4) is 0 Å². The van der Waals surface area contributed by atoms with Gasteiger partial charge in [-0.15, -0.1) is 0 Å². The number of nitrogens with zero attached hydrogens (tertiary/aromatic N) is 1. The first-order valence-electron chi connectivity index (χ1n) is 6.55. The van der Waals surface area contributed by atoms with Crippen molar-refractivity contribution in [1.82, 2.24) is 4.90 Å². The lowest BCUT2D eigenvalue weighted by Crippen LogP contribution is -2.41. The van der Waals surface area contributed by atoms with Crippen molar-refractivity contribution in [3.8, 4) is 0 Å². The van der Waals surface area contributed by atoms with Crippen molar-refractivity contribution in [2.75, 3.05) is 20.2 Å². The van der Waals surface area contributed by atoms with Crippen LogP contribution < -0.4 is 0 Å². The van der Waals surface area contributed by atoms with Crippen molar-refractivity contribution in [1.29, 1.82) is 0 Å². The average molecular weight is 247 g/mol. The zero-order valence-corrected chi connectivity index (χ0v) is 11.2. The summed E-state index contributed by atoms with van der Waals surface area (Å²) in [6.45, 7) is 3.70. The Kier molecular flexibility index (Phi) is 4.37. The minimum atomic E-state index is 0.230. The highest BCUT2D eigenvalue weighted by Gasteiger charge is 2.22. The quantitative estimate of drug-likeness (QED) is 0.819. The highest BCUT2D eigenvalue weighted by Crippen LogP contribution is 2.14. The standard InChI is InChI=1S/C15H21NO2/c1-12-3-5-13(6-4-12)11-15(17)16-9-7-14(18-2)8-10-16/h3-6,14H,7-11H2,1-2H3. The monoisotopic (exact) mass is 247 g/mol. The second-order valence-corrected chi connectivity index (χ2v) is 4.98. The maximum absolute atomic E-state index is 12.1. The molecule has 0 aliphatic carbocycles. The van der Waals surface area contributed by atoms with E-state index in [2.05, 4.69) is 19.1 Å². The highest BCUT2D eigenvalue weighted by atomic mass is 16.5. The van der Waals surface area contributed by atoms with Gasteiger partial charge in [-0.05, 0) is 25.3 Å². The maximum atomic E-state index is 12.1. The van der Waals surface area contributed by atoms with Crippen LogP contribution in [0.4, 0.5) is 0 Å². The van der Waals surface area contributed by atoms with Crippen molar-refractivity contribution in [2.24, 2.45) is 0 Å². The summed E-state index contributed by atoms with van der Waals surface area (Å²) < 4.78 is 5.31. The third-order valence-electron chi connectivity index (χ3n) is 3.60. The average Bonchev–Trinajstić information content (AvgIpc) is 2.41. The van der Waals surface area contributed by atoms with Gasteiger partial charge >= 0.3 is 0 Å². The van der Waals surface area contributed by atoms with Gasteiger partial charge in [-0.25, -0.2) is 0 Å². The van der Waals surface area contributed by atoms with E-state index in [-0.39, 0.29) is 5.91 Å². The largest absolute Gasteiger partial charge is 0.381 e. The number of benzene rings is 1. The molecule has 0 spiro atoms. The van der Waals surface area contributed by atoms with Gasteiger partial charge in [0.2, 0.25) is 5.91 Å². The first kappa shape index (κ1) is 13.1. The molecule has 98 valence electrons. The zero-order chi connectivity index (χ0) is 13.0.